The number of imide groups is 1. The van der Waals surface area contributed by atoms with E-state index in [4.69, 9.17) is 4.74 Å². The summed E-state index contributed by atoms with van der Waals surface area (Å²) in [5.41, 5.74) is 2.56. The number of methoxy groups -OCH3 is 1. The van der Waals surface area contributed by atoms with E-state index >= 15 is 0 Å². The number of aliphatic hydroxyl groups excluding tert-OH is 1. The maximum atomic E-state index is 13.2. The summed E-state index contributed by atoms with van der Waals surface area (Å²) in [5.74, 6) is 0.104. The Morgan fingerprint density at radius 1 is 1.04 bits per heavy atom. The highest BCUT2D eigenvalue weighted by atomic mass is 32.2. The molecule has 2 amide bonds. The normalized spacial score (nSPS) is 14.3. The third-order valence-corrected chi connectivity index (χ3v) is 5.41. The zero-order valence-corrected chi connectivity index (χ0v) is 16.1. The van der Waals surface area contributed by atoms with Crippen LogP contribution in [0, 0.1) is 0 Å². The number of carbonyl (C=O) groups is 2. The zero-order chi connectivity index (χ0) is 19.4. The molecule has 1 heterocycles. The van der Waals surface area contributed by atoms with Crippen molar-refractivity contribution in [1.29, 1.82) is 0 Å². The standard InChI is InChI=1S/C21H21NO4S/c1-3-14-8-10-15(11-9-14)22-20(24)18(19(21(22)25)27-13-12-23)16-6-4-5-7-17(16)26-2/h4-11,23H,3,12-13H2,1-2H3. The van der Waals surface area contributed by atoms with Crippen LogP contribution in [-0.4, -0.2) is 36.4 Å². The first-order valence-corrected chi connectivity index (χ1v) is 9.70. The van der Waals surface area contributed by atoms with Crippen LogP contribution in [0.15, 0.2) is 53.4 Å². The van der Waals surface area contributed by atoms with Crippen molar-refractivity contribution >= 4 is 34.8 Å². The average Bonchev–Trinajstić information content (AvgIpc) is 2.95. The van der Waals surface area contributed by atoms with E-state index in [9.17, 15) is 14.7 Å². The highest BCUT2D eigenvalue weighted by molar-refractivity contribution is 8.04. The number of aliphatic hydroxyl groups is 1. The number of hydrogen-bond acceptors (Lipinski definition) is 5. The summed E-state index contributed by atoms with van der Waals surface area (Å²) < 4.78 is 5.39. The minimum atomic E-state index is -0.380. The maximum absolute atomic E-state index is 13.2. The van der Waals surface area contributed by atoms with Crippen LogP contribution < -0.4 is 9.64 Å². The van der Waals surface area contributed by atoms with Gasteiger partial charge in [-0.15, -0.1) is 11.8 Å². The number of para-hydroxylation sites is 1. The van der Waals surface area contributed by atoms with Crippen LogP contribution in [0.2, 0.25) is 0 Å². The lowest BCUT2D eigenvalue weighted by molar-refractivity contribution is -0.119. The molecule has 3 rings (SSSR count). The molecule has 0 saturated carbocycles. The first kappa shape index (κ1) is 19.2. The molecular formula is C21H21NO4S. The molecule has 0 aliphatic carbocycles. The molecule has 0 unspecified atom stereocenters. The molecule has 1 N–H and O–H groups in total. The molecule has 140 valence electrons. The summed E-state index contributed by atoms with van der Waals surface area (Å²) in [7, 11) is 1.53. The molecule has 2 aromatic carbocycles. The van der Waals surface area contributed by atoms with Gasteiger partial charge in [0.1, 0.15) is 5.75 Å². The van der Waals surface area contributed by atoms with E-state index in [1.807, 2.05) is 25.1 Å². The van der Waals surface area contributed by atoms with Gasteiger partial charge in [0.05, 0.1) is 29.9 Å². The monoisotopic (exact) mass is 383 g/mol. The number of carbonyl (C=O) groups excluding carboxylic acids is 2. The van der Waals surface area contributed by atoms with Crippen LogP contribution in [0.3, 0.4) is 0 Å². The molecule has 6 heteroatoms. The van der Waals surface area contributed by atoms with Crippen LogP contribution >= 0.6 is 11.8 Å². The Balaban J connectivity index is 2.08. The van der Waals surface area contributed by atoms with E-state index in [0.717, 1.165) is 12.0 Å². The third-order valence-electron chi connectivity index (χ3n) is 4.36. The van der Waals surface area contributed by atoms with E-state index in [2.05, 4.69) is 0 Å². The highest BCUT2D eigenvalue weighted by Gasteiger charge is 2.41. The molecule has 2 aromatic rings. The number of ether oxygens (including phenoxy) is 1. The molecule has 0 radical (unpaired) electrons. The van der Waals surface area contributed by atoms with E-state index in [1.165, 1.54) is 23.8 Å². The van der Waals surface area contributed by atoms with Crippen molar-refractivity contribution < 1.29 is 19.4 Å². The third kappa shape index (κ3) is 3.63. The van der Waals surface area contributed by atoms with E-state index in [-0.39, 0.29) is 18.4 Å². The lowest BCUT2D eigenvalue weighted by Crippen LogP contribution is -2.31. The van der Waals surface area contributed by atoms with Crippen molar-refractivity contribution in [2.24, 2.45) is 0 Å². The molecular weight excluding hydrogens is 362 g/mol. The van der Waals surface area contributed by atoms with Crippen molar-refractivity contribution in [1.82, 2.24) is 0 Å². The van der Waals surface area contributed by atoms with Gasteiger partial charge in [-0.1, -0.05) is 37.3 Å². The predicted molar refractivity (Wildman–Crippen MR) is 108 cm³/mol. The summed E-state index contributed by atoms with van der Waals surface area (Å²) in [6.07, 6.45) is 0.879. The van der Waals surface area contributed by atoms with Gasteiger partial charge in [-0.2, -0.15) is 0 Å². The molecule has 0 aromatic heterocycles. The molecule has 0 bridgehead atoms. The van der Waals surface area contributed by atoms with Gasteiger partial charge in [0.15, 0.2) is 0 Å². The Kier molecular flexibility index (Phi) is 5.98. The Morgan fingerprint density at radius 2 is 1.74 bits per heavy atom. The van der Waals surface area contributed by atoms with Gasteiger partial charge in [-0.3, -0.25) is 9.59 Å². The lowest BCUT2D eigenvalue weighted by Gasteiger charge is -2.16. The van der Waals surface area contributed by atoms with Crippen molar-refractivity contribution in [3.63, 3.8) is 0 Å². The Hall–Kier alpha value is -2.57. The van der Waals surface area contributed by atoms with Crippen molar-refractivity contribution in [3.8, 4) is 5.75 Å². The molecule has 0 fully saturated rings. The van der Waals surface area contributed by atoms with Crippen LogP contribution in [0.5, 0.6) is 5.75 Å². The fourth-order valence-corrected chi connectivity index (χ4v) is 3.85. The molecule has 0 atom stereocenters. The lowest BCUT2D eigenvalue weighted by atomic mass is 10.0. The van der Waals surface area contributed by atoms with Gasteiger partial charge in [0.25, 0.3) is 11.8 Å². The Bertz CT molecular complexity index is 889. The number of thioether (sulfide) groups is 1. The second-order valence-electron chi connectivity index (χ2n) is 5.94. The number of aryl methyl sites for hydroxylation is 1. The zero-order valence-electron chi connectivity index (χ0n) is 15.3. The van der Waals surface area contributed by atoms with Crippen LogP contribution in [0.4, 0.5) is 5.69 Å². The van der Waals surface area contributed by atoms with Crippen LogP contribution in [-0.2, 0) is 16.0 Å². The topological polar surface area (TPSA) is 66.8 Å². The number of benzene rings is 2. The quantitative estimate of drug-likeness (QED) is 0.744. The summed E-state index contributed by atoms with van der Waals surface area (Å²) in [5, 5.41) is 9.20. The van der Waals surface area contributed by atoms with Gasteiger partial charge < -0.3 is 9.84 Å². The van der Waals surface area contributed by atoms with Crippen molar-refractivity contribution in [2.45, 2.75) is 13.3 Å². The van der Waals surface area contributed by atoms with E-state index in [0.29, 0.717) is 33.2 Å². The van der Waals surface area contributed by atoms with Gasteiger partial charge in [-0.05, 0) is 30.2 Å². The summed E-state index contributed by atoms with van der Waals surface area (Å²) in [4.78, 5) is 27.8. The second-order valence-corrected chi connectivity index (χ2v) is 7.05. The minimum Gasteiger partial charge on any atom is -0.496 e. The number of hydrogen-bond donors (Lipinski definition) is 1. The molecule has 27 heavy (non-hydrogen) atoms. The van der Waals surface area contributed by atoms with Gasteiger partial charge >= 0.3 is 0 Å². The molecule has 1 aliphatic rings. The number of nitrogens with zero attached hydrogens (tertiary/aromatic N) is 1. The largest absolute Gasteiger partial charge is 0.496 e. The molecule has 5 nitrogen and oxygen atoms in total. The Morgan fingerprint density at radius 3 is 2.37 bits per heavy atom. The maximum Gasteiger partial charge on any atom is 0.272 e. The van der Waals surface area contributed by atoms with Crippen molar-refractivity contribution in [2.75, 3.05) is 24.4 Å². The van der Waals surface area contributed by atoms with Crippen molar-refractivity contribution in [3.05, 3.63) is 64.6 Å². The fourth-order valence-electron chi connectivity index (χ4n) is 3.00. The Labute approximate surface area is 162 Å². The number of amides is 2. The fraction of sp³-hybridized carbons (Fsp3) is 0.238. The van der Waals surface area contributed by atoms with E-state index in [1.54, 1.807) is 30.3 Å². The second kappa shape index (κ2) is 8.41. The molecule has 0 saturated heterocycles. The van der Waals surface area contributed by atoms with Crippen LogP contribution in [0.25, 0.3) is 5.57 Å². The first-order valence-electron chi connectivity index (χ1n) is 8.71. The van der Waals surface area contributed by atoms with Gasteiger partial charge in [0, 0.05) is 11.3 Å². The predicted octanol–water partition coefficient (Wildman–Crippen LogP) is 3.27. The summed E-state index contributed by atoms with van der Waals surface area (Å²) >= 11 is 1.19. The minimum absolute atomic E-state index is 0.0833. The first-order chi connectivity index (χ1) is 13.1. The number of rotatable bonds is 7. The average molecular weight is 383 g/mol. The molecule has 1 aliphatic heterocycles. The van der Waals surface area contributed by atoms with E-state index < -0.39 is 0 Å². The van der Waals surface area contributed by atoms with Crippen LogP contribution in [0.1, 0.15) is 18.1 Å². The van der Waals surface area contributed by atoms with Gasteiger partial charge in [0.2, 0.25) is 0 Å². The molecule has 0 spiro atoms. The van der Waals surface area contributed by atoms with Gasteiger partial charge in [-0.25, -0.2) is 4.90 Å². The highest BCUT2D eigenvalue weighted by Crippen LogP contribution is 2.41. The summed E-state index contributed by atoms with van der Waals surface area (Å²) in [6.45, 7) is 1.96. The SMILES string of the molecule is CCc1ccc(N2C(=O)C(SCCO)=C(c3ccccc3OC)C2=O)cc1. The summed E-state index contributed by atoms with van der Waals surface area (Å²) in [6, 6.07) is 14.5. The smallest absolute Gasteiger partial charge is 0.272 e. The number of anilines is 1.